The molecule has 0 bridgehead atoms. The Morgan fingerprint density at radius 1 is 1.50 bits per heavy atom. The van der Waals surface area contributed by atoms with E-state index in [1.54, 1.807) is 31.8 Å². The molecule has 1 aromatic carbocycles. The summed E-state index contributed by atoms with van der Waals surface area (Å²) >= 11 is 0. The number of nitrogens with one attached hydrogen (secondary N) is 1. The summed E-state index contributed by atoms with van der Waals surface area (Å²) in [6.07, 6.45) is 3.53. The molecule has 1 aromatic heterocycles. The van der Waals surface area contributed by atoms with Gasteiger partial charge < -0.3 is 14.6 Å². The van der Waals surface area contributed by atoms with Crippen LogP contribution in [0.1, 0.15) is 11.3 Å². The number of nitriles is 1. The van der Waals surface area contributed by atoms with Crippen molar-refractivity contribution in [3.05, 3.63) is 42.0 Å². The molecule has 0 radical (unpaired) electrons. The minimum atomic E-state index is 0.566. The molecule has 2 rings (SSSR count). The van der Waals surface area contributed by atoms with Gasteiger partial charge in [0.2, 0.25) is 0 Å². The van der Waals surface area contributed by atoms with Crippen molar-refractivity contribution in [1.29, 1.82) is 5.26 Å². The molecule has 92 valence electrons. The molecule has 0 aliphatic heterocycles. The topological polar surface area (TPSA) is 62.9 Å². The van der Waals surface area contributed by atoms with E-state index < -0.39 is 0 Å². The maximum atomic E-state index is 9.09. The van der Waals surface area contributed by atoms with Crippen LogP contribution in [0.15, 0.2) is 30.7 Å². The van der Waals surface area contributed by atoms with Crippen molar-refractivity contribution in [2.45, 2.75) is 6.54 Å². The number of ether oxygens (including phenoxy) is 1. The first-order chi connectivity index (χ1) is 8.76. The first kappa shape index (κ1) is 12.0. The summed E-state index contributed by atoms with van der Waals surface area (Å²) in [5.74, 6) is 0.663. The number of anilines is 1. The van der Waals surface area contributed by atoms with Gasteiger partial charge in [-0.05, 0) is 12.1 Å². The lowest BCUT2D eigenvalue weighted by Crippen LogP contribution is -2.06. The van der Waals surface area contributed by atoms with Crippen LogP contribution in [0.3, 0.4) is 0 Å². The van der Waals surface area contributed by atoms with Crippen LogP contribution in [0.4, 0.5) is 5.69 Å². The fraction of sp³-hybridized carbons (Fsp3) is 0.231. The van der Waals surface area contributed by atoms with Crippen molar-refractivity contribution in [2.75, 3.05) is 12.4 Å². The Bertz CT molecular complexity index is 583. The van der Waals surface area contributed by atoms with E-state index in [2.05, 4.69) is 16.4 Å². The van der Waals surface area contributed by atoms with Gasteiger partial charge in [-0.15, -0.1) is 0 Å². The van der Waals surface area contributed by atoms with E-state index in [1.165, 1.54) is 0 Å². The highest BCUT2D eigenvalue weighted by Crippen LogP contribution is 2.28. The molecule has 0 aliphatic rings. The molecule has 0 saturated carbocycles. The van der Waals surface area contributed by atoms with Gasteiger partial charge in [0.1, 0.15) is 11.8 Å². The molecule has 0 spiro atoms. The van der Waals surface area contributed by atoms with Crippen LogP contribution in [-0.4, -0.2) is 16.7 Å². The van der Waals surface area contributed by atoms with Crippen LogP contribution < -0.4 is 10.1 Å². The molecule has 18 heavy (non-hydrogen) atoms. The number of nitrogens with zero attached hydrogens (tertiary/aromatic N) is 3. The molecule has 0 atom stereocenters. The van der Waals surface area contributed by atoms with E-state index in [0.717, 1.165) is 5.69 Å². The summed E-state index contributed by atoms with van der Waals surface area (Å²) in [6.45, 7) is 0.589. The standard InChI is InChI=1S/C13H14N4O/c1-17-9-15-7-11(17)8-16-13-10(6-14)4-3-5-12(13)18-2/h3-5,7,9,16H,8H2,1-2H3. The van der Waals surface area contributed by atoms with Crippen molar-refractivity contribution in [2.24, 2.45) is 7.05 Å². The quantitative estimate of drug-likeness (QED) is 0.889. The van der Waals surface area contributed by atoms with Crippen LogP contribution in [0, 0.1) is 11.3 Å². The lowest BCUT2D eigenvalue weighted by atomic mass is 10.1. The third kappa shape index (κ3) is 2.28. The molecule has 1 heterocycles. The number of benzene rings is 1. The fourth-order valence-electron chi connectivity index (χ4n) is 1.71. The molecule has 5 heteroatoms. The van der Waals surface area contributed by atoms with Gasteiger partial charge in [-0.25, -0.2) is 4.98 Å². The summed E-state index contributed by atoms with van der Waals surface area (Å²) in [6, 6.07) is 7.53. The second-order valence-electron chi connectivity index (χ2n) is 3.84. The average molecular weight is 242 g/mol. The Labute approximate surface area is 106 Å². The fourth-order valence-corrected chi connectivity index (χ4v) is 1.71. The second-order valence-corrected chi connectivity index (χ2v) is 3.84. The van der Waals surface area contributed by atoms with Crippen molar-refractivity contribution in [3.63, 3.8) is 0 Å². The number of hydrogen-bond donors (Lipinski definition) is 1. The first-order valence-electron chi connectivity index (χ1n) is 5.52. The first-order valence-corrected chi connectivity index (χ1v) is 5.52. The van der Waals surface area contributed by atoms with Crippen molar-refractivity contribution in [1.82, 2.24) is 9.55 Å². The van der Waals surface area contributed by atoms with Gasteiger partial charge in [0, 0.05) is 13.2 Å². The molecule has 2 aromatic rings. The van der Waals surface area contributed by atoms with Gasteiger partial charge in [0.15, 0.2) is 0 Å². The predicted molar refractivity (Wildman–Crippen MR) is 68.2 cm³/mol. The monoisotopic (exact) mass is 242 g/mol. The third-order valence-electron chi connectivity index (χ3n) is 2.73. The molecule has 1 N–H and O–H groups in total. The lowest BCUT2D eigenvalue weighted by molar-refractivity contribution is 0.416. The number of rotatable bonds is 4. The molecular weight excluding hydrogens is 228 g/mol. The van der Waals surface area contributed by atoms with Gasteiger partial charge in [0.05, 0.1) is 36.9 Å². The number of aryl methyl sites for hydroxylation is 1. The van der Waals surface area contributed by atoms with Crippen molar-refractivity contribution in [3.8, 4) is 11.8 Å². The number of imidazole rings is 1. The normalized spacial score (nSPS) is 9.83. The van der Waals surface area contributed by atoms with Crippen LogP contribution in [0.25, 0.3) is 0 Å². The van der Waals surface area contributed by atoms with E-state index in [-0.39, 0.29) is 0 Å². The van der Waals surface area contributed by atoms with Gasteiger partial charge >= 0.3 is 0 Å². The molecular formula is C13H14N4O. The summed E-state index contributed by atoms with van der Waals surface area (Å²) < 4.78 is 7.18. The van der Waals surface area contributed by atoms with Crippen molar-refractivity contribution >= 4 is 5.69 Å². The highest BCUT2D eigenvalue weighted by atomic mass is 16.5. The molecule has 0 saturated heterocycles. The van der Waals surface area contributed by atoms with Gasteiger partial charge in [-0.2, -0.15) is 5.26 Å². The zero-order valence-electron chi connectivity index (χ0n) is 10.3. The SMILES string of the molecule is COc1cccc(C#N)c1NCc1cncn1C. The molecule has 0 unspecified atom stereocenters. The highest BCUT2D eigenvalue weighted by molar-refractivity contribution is 5.66. The summed E-state index contributed by atoms with van der Waals surface area (Å²) in [5, 5.41) is 12.3. The lowest BCUT2D eigenvalue weighted by Gasteiger charge is -2.12. The van der Waals surface area contributed by atoms with Crippen LogP contribution >= 0.6 is 0 Å². The Balaban J connectivity index is 2.23. The number of para-hydroxylation sites is 1. The molecule has 5 nitrogen and oxygen atoms in total. The average Bonchev–Trinajstić information content (AvgIpc) is 2.81. The Kier molecular flexibility index (Phi) is 3.49. The van der Waals surface area contributed by atoms with Gasteiger partial charge in [-0.1, -0.05) is 6.07 Å². The second kappa shape index (κ2) is 5.23. The zero-order chi connectivity index (χ0) is 13.0. The molecule has 0 amide bonds. The maximum Gasteiger partial charge on any atom is 0.143 e. The minimum absolute atomic E-state index is 0.566. The number of hydrogen-bond acceptors (Lipinski definition) is 4. The Hall–Kier alpha value is -2.48. The van der Waals surface area contributed by atoms with E-state index in [9.17, 15) is 0 Å². The van der Waals surface area contributed by atoms with E-state index >= 15 is 0 Å². The van der Waals surface area contributed by atoms with Crippen LogP contribution in [-0.2, 0) is 13.6 Å². The van der Waals surface area contributed by atoms with E-state index in [4.69, 9.17) is 10.00 Å². The van der Waals surface area contributed by atoms with Crippen LogP contribution in [0.5, 0.6) is 5.75 Å². The summed E-state index contributed by atoms with van der Waals surface area (Å²) in [4.78, 5) is 4.05. The van der Waals surface area contributed by atoms with Gasteiger partial charge in [-0.3, -0.25) is 0 Å². The van der Waals surface area contributed by atoms with Crippen LogP contribution in [0.2, 0.25) is 0 Å². The maximum absolute atomic E-state index is 9.09. The third-order valence-corrected chi connectivity index (χ3v) is 2.73. The molecule has 0 fully saturated rings. The zero-order valence-corrected chi connectivity index (χ0v) is 10.3. The minimum Gasteiger partial charge on any atom is -0.495 e. The summed E-state index contributed by atoms with van der Waals surface area (Å²) in [5.41, 5.74) is 2.31. The molecule has 0 aliphatic carbocycles. The predicted octanol–water partition coefficient (Wildman–Crippen LogP) is 1.91. The smallest absolute Gasteiger partial charge is 0.143 e. The van der Waals surface area contributed by atoms with Gasteiger partial charge in [0.25, 0.3) is 0 Å². The largest absolute Gasteiger partial charge is 0.495 e. The van der Waals surface area contributed by atoms with Crippen molar-refractivity contribution < 1.29 is 4.74 Å². The van der Waals surface area contributed by atoms with E-state index in [1.807, 2.05) is 17.7 Å². The number of aromatic nitrogens is 2. The summed E-state index contributed by atoms with van der Waals surface area (Å²) in [7, 11) is 3.52. The number of methoxy groups -OCH3 is 1. The Morgan fingerprint density at radius 3 is 2.94 bits per heavy atom. The highest BCUT2D eigenvalue weighted by Gasteiger charge is 2.09. The Morgan fingerprint density at radius 2 is 2.33 bits per heavy atom. The van der Waals surface area contributed by atoms with E-state index in [0.29, 0.717) is 23.5 Å².